The zero-order valence-corrected chi connectivity index (χ0v) is 9.76. The highest BCUT2D eigenvalue weighted by atomic mass is 15.3. The second kappa shape index (κ2) is 4.09. The molecule has 1 aromatic heterocycles. The van der Waals surface area contributed by atoms with Gasteiger partial charge in [0.2, 0.25) is 0 Å². The number of hydrogen-bond donors (Lipinski definition) is 1. The number of nitrogens with one attached hydrogen (secondary N) is 1. The van der Waals surface area contributed by atoms with E-state index in [1.54, 1.807) is 0 Å². The third-order valence-electron chi connectivity index (χ3n) is 2.06. The highest BCUT2D eigenvalue weighted by Gasteiger charge is 2.20. The molecule has 0 fully saturated rings. The van der Waals surface area contributed by atoms with Crippen LogP contribution in [0.5, 0.6) is 0 Å². The van der Waals surface area contributed by atoms with Crippen LogP contribution in [0.4, 0.5) is 0 Å². The molecule has 0 saturated heterocycles. The van der Waals surface area contributed by atoms with Gasteiger partial charge >= 0.3 is 0 Å². The molecule has 4 nitrogen and oxygen atoms in total. The SMILES string of the molecule is CCNCc1nc(C(C)(C)C)nn1C. The molecule has 1 aromatic rings. The van der Waals surface area contributed by atoms with E-state index < -0.39 is 0 Å². The van der Waals surface area contributed by atoms with E-state index in [0.717, 1.165) is 24.7 Å². The number of rotatable bonds is 3. The normalized spacial score (nSPS) is 12.1. The van der Waals surface area contributed by atoms with Crippen LogP contribution in [-0.4, -0.2) is 21.3 Å². The van der Waals surface area contributed by atoms with Gasteiger partial charge in [0.15, 0.2) is 5.82 Å². The predicted octanol–water partition coefficient (Wildman–Crippen LogP) is 1.22. The Morgan fingerprint density at radius 1 is 1.36 bits per heavy atom. The lowest BCUT2D eigenvalue weighted by atomic mass is 9.96. The highest BCUT2D eigenvalue weighted by molar-refractivity contribution is 5.03. The van der Waals surface area contributed by atoms with Crippen LogP contribution in [0.25, 0.3) is 0 Å². The molecule has 1 rings (SSSR count). The lowest BCUT2D eigenvalue weighted by molar-refractivity contribution is 0.538. The molecule has 0 bridgehead atoms. The van der Waals surface area contributed by atoms with Crippen molar-refractivity contribution in [3.05, 3.63) is 11.6 Å². The van der Waals surface area contributed by atoms with Gasteiger partial charge in [0.25, 0.3) is 0 Å². The van der Waals surface area contributed by atoms with Crippen molar-refractivity contribution >= 4 is 0 Å². The third kappa shape index (κ3) is 2.54. The summed E-state index contributed by atoms with van der Waals surface area (Å²) in [5.41, 5.74) is 0.0300. The van der Waals surface area contributed by atoms with Gasteiger partial charge in [0.05, 0.1) is 6.54 Å². The van der Waals surface area contributed by atoms with Crippen molar-refractivity contribution in [1.29, 1.82) is 0 Å². The zero-order chi connectivity index (χ0) is 10.8. The molecular weight excluding hydrogens is 176 g/mol. The molecule has 14 heavy (non-hydrogen) atoms. The Morgan fingerprint density at radius 3 is 2.43 bits per heavy atom. The van der Waals surface area contributed by atoms with E-state index in [1.807, 2.05) is 11.7 Å². The number of hydrogen-bond acceptors (Lipinski definition) is 3. The Balaban J connectivity index is 2.82. The molecule has 0 unspecified atom stereocenters. The largest absolute Gasteiger partial charge is 0.310 e. The average Bonchev–Trinajstić information content (AvgIpc) is 2.43. The minimum atomic E-state index is 0.0300. The number of aromatic nitrogens is 3. The quantitative estimate of drug-likeness (QED) is 0.790. The lowest BCUT2D eigenvalue weighted by Crippen LogP contribution is -2.15. The second-order valence-corrected chi connectivity index (χ2v) is 4.51. The van der Waals surface area contributed by atoms with Crippen LogP contribution in [0.1, 0.15) is 39.3 Å². The maximum Gasteiger partial charge on any atom is 0.156 e. The van der Waals surface area contributed by atoms with Crippen molar-refractivity contribution in [2.45, 2.75) is 39.7 Å². The van der Waals surface area contributed by atoms with E-state index in [-0.39, 0.29) is 5.41 Å². The van der Waals surface area contributed by atoms with Crippen molar-refractivity contribution in [2.24, 2.45) is 7.05 Å². The summed E-state index contributed by atoms with van der Waals surface area (Å²) in [6, 6.07) is 0. The molecule has 0 saturated carbocycles. The monoisotopic (exact) mass is 196 g/mol. The fourth-order valence-corrected chi connectivity index (χ4v) is 1.13. The Labute approximate surface area is 85.7 Å². The molecule has 0 atom stereocenters. The van der Waals surface area contributed by atoms with Gasteiger partial charge in [-0.3, -0.25) is 4.68 Å². The van der Waals surface area contributed by atoms with Gasteiger partial charge < -0.3 is 5.32 Å². The molecule has 0 aromatic carbocycles. The fraction of sp³-hybridized carbons (Fsp3) is 0.800. The molecule has 0 aliphatic rings. The van der Waals surface area contributed by atoms with Crippen LogP contribution in [0.15, 0.2) is 0 Å². The van der Waals surface area contributed by atoms with Gasteiger partial charge in [-0.05, 0) is 6.54 Å². The van der Waals surface area contributed by atoms with Crippen LogP contribution in [0, 0.1) is 0 Å². The van der Waals surface area contributed by atoms with Crippen LogP contribution in [0.3, 0.4) is 0 Å². The summed E-state index contributed by atoms with van der Waals surface area (Å²) in [5.74, 6) is 1.91. The smallest absolute Gasteiger partial charge is 0.156 e. The topological polar surface area (TPSA) is 42.7 Å². The van der Waals surface area contributed by atoms with E-state index in [0.29, 0.717) is 0 Å². The molecule has 0 aliphatic carbocycles. The average molecular weight is 196 g/mol. The van der Waals surface area contributed by atoms with E-state index in [1.165, 1.54) is 0 Å². The molecule has 4 heteroatoms. The van der Waals surface area contributed by atoms with Gasteiger partial charge in [0, 0.05) is 12.5 Å². The first-order chi connectivity index (χ1) is 6.45. The number of aryl methyl sites for hydroxylation is 1. The summed E-state index contributed by atoms with van der Waals surface area (Å²) in [7, 11) is 1.94. The first kappa shape index (κ1) is 11.2. The van der Waals surface area contributed by atoms with Crippen LogP contribution < -0.4 is 5.32 Å². The van der Waals surface area contributed by atoms with Crippen molar-refractivity contribution in [2.75, 3.05) is 6.54 Å². The zero-order valence-electron chi connectivity index (χ0n) is 9.76. The van der Waals surface area contributed by atoms with E-state index in [2.05, 4.69) is 43.1 Å². The van der Waals surface area contributed by atoms with E-state index >= 15 is 0 Å². The van der Waals surface area contributed by atoms with Gasteiger partial charge in [-0.25, -0.2) is 4.98 Å². The summed E-state index contributed by atoms with van der Waals surface area (Å²) >= 11 is 0. The van der Waals surface area contributed by atoms with Gasteiger partial charge in [-0.2, -0.15) is 5.10 Å². The third-order valence-corrected chi connectivity index (χ3v) is 2.06. The molecular formula is C10H20N4. The molecule has 0 spiro atoms. The molecule has 0 aliphatic heterocycles. The Kier molecular flexibility index (Phi) is 3.26. The summed E-state index contributed by atoms with van der Waals surface area (Å²) < 4.78 is 1.85. The Bertz CT molecular complexity index is 296. The van der Waals surface area contributed by atoms with Gasteiger partial charge in [0.1, 0.15) is 5.82 Å². The van der Waals surface area contributed by atoms with Gasteiger partial charge in [-0.1, -0.05) is 27.7 Å². The summed E-state index contributed by atoms with van der Waals surface area (Å²) in [4.78, 5) is 4.51. The summed E-state index contributed by atoms with van der Waals surface area (Å²) in [6.07, 6.45) is 0. The van der Waals surface area contributed by atoms with Crippen molar-refractivity contribution in [3.63, 3.8) is 0 Å². The summed E-state index contributed by atoms with van der Waals surface area (Å²) in [6.45, 7) is 10.2. The van der Waals surface area contributed by atoms with E-state index in [4.69, 9.17) is 0 Å². The van der Waals surface area contributed by atoms with Crippen molar-refractivity contribution in [1.82, 2.24) is 20.1 Å². The standard InChI is InChI=1S/C10H20N4/c1-6-11-7-8-12-9(10(2,3)4)13-14(8)5/h11H,6-7H2,1-5H3. The molecule has 0 radical (unpaired) electrons. The second-order valence-electron chi connectivity index (χ2n) is 4.51. The molecule has 0 amide bonds. The highest BCUT2D eigenvalue weighted by Crippen LogP contribution is 2.17. The Hall–Kier alpha value is -0.900. The van der Waals surface area contributed by atoms with Crippen LogP contribution >= 0.6 is 0 Å². The van der Waals surface area contributed by atoms with Crippen molar-refractivity contribution in [3.8, 4) is 0 Å². The molecule has 1 N–H and O–H groups in total. The molecule has 80 valence electrons. The van der Waals surface area contributed by atoms with Crippen LogP contribution in [-0.2, 0) is 19.0 Å². The fourth-order valence-electron chi connectivity index (χ4n) is 1.13. The summed E-state index contributed by atoms with van der Waals surface area (Å²) in [5, 5.41) is 7.65. The predicted molar refractivity (Wildman–Crippen MR) is 57.1 cm³/mol. The number of nitrogens with zero attached hydrogens (tertiary/aromatic N) is 3. The maximum atomic E-state index is 4.51. The minimum absolute atomic E-state index is 0.0300. The lowest BCUT2D eigenvalue weighted by Gasteiger charge is -2.11. The molecule has 1 heterocycles. The van der Waals surface area contributed by atoms with E-state index in [9.17, 15) is 0 Å². The van der Waals surface area contributed by atoms with Crippen molar-refractivity contribution < 1.29 is 0 Å². The minimum Gasteiger partial charge on any atom is -0.310 e. The first-order valence-corrected chi connectivity index (χ1v) is 5.06. The van der Waals surface area contributed by atoms with Gasteiger partial charge in [-0.15, -0.1) is 0 Å². The van der Waals surface area contributed by atoms with Crippen LogP contribution in [0.2, 0.25) is 0 Å². The maximum absolute atomic E-state index is 4.51. The first-order valence-electron chi connectivity index (χ1n) is 5.06. The Morgan fingerprint density at radius 2 is 2.00 bits per heavy atom.